The average molecular weight is 329 g/mol. The molecule has 0 unspecified atom stereocenters. The summed E-state index contributed by atoms with van der Waals surface area (Å²) < 4.78 is 0.955. The SMILES string of the molecule is O=C(O)c1cccc2nc(-c3cccc(Br)c3)cnc12. The maximum absolute atomic E-state index is 11.1. The van der Waals surface area contributed by atoms with Gasteiger partial charge in [0.05, 0.1) is 23.0 Å². The van der Waals surface area contributed by atoms with Gasteiger partial charge in [-0.3, -0.25) is 4.98 Å². The van der Waals surface area contributed by atoms with Crippen LogP contribution in [0.4, 0.5) is 0 Å². The van der Waals surface area contributed by atoms with Gasteiger partial charge in [0, 0.05) is 10.0 Å². The van der Waals surface area contributed by atoms with Crippen molar-refractivity contribution >= 4 is 32.9 Å². The second kappa shape index (κ2) is 5.02. The van der Waals surface area contributed by atoms with Crippen molar-refractivity contribution in [1.82, 2.24) is 9.97 Å². The lowest BCUT2D eigenvalue weighted by Crippen LogP contribution is -2.00. The van der Waals surface area contributed by atoms with E-state index in [2.05, 4.69) is 25.9 Å². The highest BCUT2D eigenvalue weighted by molar-refractivity contribution is 9.10. The summed E-state index contributed by atoms with van der Waals surface area (Å²) >= 11 is 3.41. The fourth-order valence-corrected chi connectivity index (χ4v) is 2.40. The summed E-state index contributed by atoms with van der Waals surface area (Å²) in [6, 6.07) is 12.7. The van der Waals surface area contributed by atoms with Gasteiger partial charge in [-0.05, 0) is 24.3 Å². The molecular weight excluding hydrogens is 320 g/mol. The Labute approximate surface area is 123 Å². The van der Waals surface area contributed by atoms with Gasteiger partial charge in [-0.1, -0.05) is 34.1 Å². The van der Waals surface area contributed by atoms with Gasteiger partial charge in [-0.15, -0.1) is 0 Å². The van der Waals surface area contributed by atoms with E-state index in [4.69, 9.17) is 5.11 Å². The number of nitrogens with zero attached hydrogens (tertiary/aromatic N) is 2. The Bertz CT molecular complexity index is 818. The maximum atomic E-state index is 11.1. The number of fused-ring (bicyclic) bond motifs is 1. The molecule has 0 fully saturated rings. The lowest BCUT2D eigenvalue weighted by molar-refractivity contribution is 0.0699. The lowest BCUT2D eigenvalue weighted by Gasteiger charge is -2.05. The first-order chi connectivity index (χ1) is 9.65. The molecule has 1 aromatic heterocycles. The maximum Gasteiger partial charge on any atom is 0.337 e. The van der Waals surface area contributed by atoms with Crippen molar-refractivity contribution in [3.05, 3.63) is 58.7 Å². The zero-order chi connectivity index (χ0) is 14.1. The van der Waals surface area contributed by atoms with Gasteiger partial charge in [0.25, 0.3) is 0 Å². The van der Waals surface area contributed by atoms with Crippen molar-refractivity contribution in [3.63, 3.8) is 0 Å². The van der Waals surface area contributed by atoms with E-state index < -0.39 is 5.97 Å². The topological polar surface area (TPSA) is 63.1 Å². The molecule has 20 heavy (non-hydrogen) atoms. The molecule has 4 nitrogen and oxygen atoms in total. The van der Waals surface area contributed by atoms with Crippen molar-refractivity contribution in [2.75, 3.05) is 0 Å². The minimum absolute atomic E-state index is 0.163. The second-order valence-corrected chi connectivity index (χ2v) is 5.16. The van der Waals surface area contributed by atoms with Gasteiger partial charge in [-0.25, -0.2) is 9.78 Å². The number of halogens is 1. The quantitative estimate of drug-likeness (QED) is 0.778. The van der Waals surface area contributed by atoms with Gasteiger partial charge in [0.2, 0.25) is 0 Å². The molecule has 1 N–H and O–H groups in total. The molecule has 5 heteroatoms. The Hall–Kier alpha value is -2.27. The Morgan fingerprint density at radius 3 is 2.70 bits per heavy atom. The van der Waals surface area contributed by atoms with Crippen LogP contribution in [-0.4, -0.2) is 21.0 Å². The fraction of sp³-hybridized carbons (Fsp3) is 0. The largest absolute Gasteiger partial charge is 0.478 e. The number of aromatic nitrogens is 2. The van der Waals surface area contributed by atoms with Crippen LogP contribution in [0.3, 0.4) is 0 Å². The number of aromatic carboxylic acids is 1. The molecule has 2 aromatic carbocycles. The first-order valence-corrected chi connectivity index (χ1v) is 6.69. The van der Waals surface area contributed by atoms with E-state index in [0.717, 1.165) is 10.0 Å². The standard InChI is InChI=1S/C15H9BrN2O2/c16-10-4-1-3-9(7-10)13-8-17-14-11(15(19)20)5-2-6-12(14)18-13/h1-8H,(H,19,20). The van der Waals surface area contributed by atoms with Crippen molar-refractivity contribution < 1.29 is 9.90 Å². The molecule has 0 radical (unpaired) electrons. The number of hydrogen-bond acceptors (Lipinski definition) is 3. The molecule has 0 aliphatic rings. The smallest absolute Gasteiger partial charge is 0.337 e. The van der Waals surface area contributed by atoms with Crippen LogP contribution in [0.25, 0.3) is 22.3 Å². The monoisotopic (exact) mass is 328 g/mol. The zero-order valence-corrected chi connectivity index (χ0v) is 11.8. The van der Waals surface area contributed by atoms with Crippen molar-refractivity contribution in [2.24, 2.45) is 0 Å². The molecule has 98 valence electrons. The van der Waals surface area contributed by atoms with Crippen LogP contribution in [-0.2, 0) is 0 Å². The second-order valence-electron chi connectivity index (χ2n) is 4.24. The molecule has 0 aliphatic carbocycles. The van der Waals surface area contributed by atoms with E-state index in [0.29, 0.717) is 16.7 Å². The first kappa shape index (κ1) is 12.7. The molecule has 0 atom stereocenters. The summed E-state index contributed by atoms with van der Waals surface area (Å²) in [6.07, 6.45) is 1.59. The van der Waals surface area contributed by atoms with Crippen LogP contribution in [0.2, 0.25) is 0 Å². The summed E-state index contributed by atoms with van der Waals surface area (Å²) in [5.74, 6) is -1.000. The zero-order valence-electron chi connectivity index (χ0n) is 10.2. The molecule has 0 aliphatic heterocycles. The predicted molar refractivity (Wildman–Crippen MR) is 79.6 cm³/mol. The van der Waals surface area contributed by atoms with Gasteiger partial charge >= 0.3 is 5.97 Å². The number of carbonyl (C=O) groups is 1. The van der Waals surface area contributed by atoms with Gasteiger partial charge in [0.1, 0.15) is 5.52 Å². The van der Waals surface area contributed by atoms with E-state index in [1.54, 1.807) is 18.3 Å². The lowest BCUT2D eigenvalue weighted by atomic mass is 10.1. The molecule has 0 spiro atoms. The minimum atomic E-state index is -1.000. The minimum Gasteiger partial charge on any atom is -0.478 e. The molecule has 0 amide bonds. The van der Waals surface area contributed by atoms with Gasteiger partial charge < -0.3 is 5.11 Å². The molecule has 0 saturated carbocycles. The van der Waals surface area contributed by atoms with E-state index in [1.165, 1.54) is 6.07 Å². The summed E-state index contributed by atoms with van der Waals surface area (Å²) in [7, 11) is 0. The normalized spacial score (nSPS) is 10.7. The molecule has 0 bridgehead atoms. The number of carboxylic acid groups (broad SMARTS) is 1. The molecule has 3 aromatic rings. The van der Waals surface area contributed by atoms with Crippen LogP contribution in [0.15, 0.2) is 53.1 Å². The Kier molecular flexibility index (Phi) is 3.20. The Morgan fingerprint density at radius 2 is 1.95 bits per heavy atom. The fourth-order valence-electron chi connectivity index (χ4n) is 2.00. The van der Waals surface area contributed by atoms with E-state index in [1.807, 2.05) is 24.3 Å². The highest BCUT2D eigenvalue weighted by atomic mass is 79.9. The van der Waals surface area contributed by atoms with Crippen LogP contribution in [0.5, 0.6) is 0 Å². The van der Waals surface area contributed by atoms with E-state index in [9.17, 15) is 4.79 Å². The van der Waals surface area contributed by atoms with E-state index in [-0.39, 0.29) is 5.56 Å². The van der Waals surface area contributed by atoms with E-state index >= 15 is 0 Å². The average Bonchev–Trinajstić information content (AvgIpc) is 2.46. The van der Waals surface area contributed by atoms with Crippen LogP contribution in [0, 0.1) is 0 Å². The number of rotatable bonds is 2. The molecule has 1 heterocycles. The Morgan fingerprint density at radius 1 is 1.15 bits per heavy atom. The van der Waals surface area contributed by atoms with Crippen LogP contribution < -0.4 is 0 Å². The highest BCUT2D eigenvalue weighted by Gasteiger charge is 2.11. The third-order valence-electron chi connectivity index (χ3n) is 2.92. The summed E-state index contributed by atoms with van der Waals surface area (Å²) in [5.41, 5.74) is 2.77. The number of hydrogen-bond donors (Lipinski definition) is 1. The third kappa shape index (κ3) is 2.28. The van der Waals surface area contributed by atoms with Crippen molar-refractivity contribution in [3.8, 4) is 11.3 Å². The van der Waals surface area contributed by atoms with Gasteiger partial charge in [0.15, 0.2) is 0 Å². The summed E-state index contributed by atoms with van der Waals surface area (Å²) in [5, 5.41) is 9.13. The Balaban J connectivity index is 2.19. The van der Waals surface area contributed by atoms with Crippen LogP contribution in [0.1, 0.15) is 10.4 Å². The number of para-hydroxylation sites is 1. The highest BCUT2D eigenvalue weighted by Crippen LogP contribution is 2.23. The first-order valence-electron chi connectivity index (χ1n) is 5.90. The summed E-state index contributed by atoms with van der Waals surface area (Å²) in [4.78, 5) is 19.9. The number of benzene rings is 2. The van der Waals surface area contributed by atoms with Crippen molar-refractivity contribution in [2.45, 2.75) is 0 Å². The number of carboxylic acids is 1. The van der Waals surface area contributed by atoms with Crippen LogP contribution >= 0.6 is 15.9 Å². The summed E-state index contributed by atoms with van der Waals surface area (Å²) in [6.45, 7) is 0. The molecular formula is C15H9BrN2O2. The molecule has 3 rings (SSSR count). The van der Waals surface area contributed by atoms with Crippen molar-refractivity contribution in [1.29, 1.82) is 0 Å². The third-order valence-corrected chi connectivity index (χ3v) is 3.42. The molecule has 0 saturated heterocycles. The van der Waals surface area contributed by atoms with Gasteiger partial charge in [-0.2, -0.15) is 0 Å². The predicted octanol–water partition coefficient (Wildman–Crippen LogP) is 3.76.